The van der Waals surface area contributed by atoms with E-state index >= 15 is 0 Å². The minimum absolute atomic E-state index is 0.161. The van der Waals surface area contributed by atoms with Crippen LogP contribution in [-0.4, -0.2) is 23.2 Å². The monoisotopic (exact) mass is 380 g/mol. The number of nitrogens with two attached hydrogens (primary N) is 1. The van der Waals surface area contributed by atoms with Crippen LogP contribution in [-0.2, 0) is 11.2 Å². The van der Waals surface area contributed by atoms with Gasteiger partial charge in [0.25, 0.3) is 0 Å². The molecule has 1 amide bonds. The van der Waals surface area contributed by atoms with Crippen LogP contribution in [0.4, 0.5) is 11.4 Å². The fraction of sp³-hybridized carbons (Fsp3) is 0.286. The molecule has 0 aliphatic heterocycles. The summed E-state index contributed by atoms with van der Waals surface area (Å²) in [5.74, 6) is 1.82. The number of carbonyl (C=O) groups is 1. The van der Waals surface area contributed by atoms with Gasteiger partial charge in [0.15, 0.2) is 0 Å². The maximum absolute atomic E-state index is 12.2. The summed E-state index contributed by atoms with van der Waals surface area (Å²) in [7, 11) is 1.54. The lowest BCUT2D eigenvalue weighted by Gasteiger charge is -2.08. The number of rotatable bonds is 7. The Balaban J connectivity index is 1.56. The highest BCUT2D eigenvalue weighted by molar-refractivity contribution is 5.91. The van der Waals surface area contributed by atoms with E-state index in [0.29, 0.717) is 41.2 Å². The van der Waals surface area contributed by atoms with Crippen molar-refractivity contribution in [3.63, 3.8) is 0 Å². The lowest BCUT2D eigenvalue weighted by atomic mass is 10.0. The Morgan fingerprint density at radius 2 is 1.96 bits per heavy atom. The summed E-state index contributed by atoms with van der Waals surface area (Å²) >= 11 is 0. The molecule has 3 aromatic rings. The van der Waals surface area contributed by atoms with Gasteiger partial charge in [0, 0.05) is 24.1 Å². The molecule has 0 bridgehead atoms. The van der Waals surface area contributed by atoms with Crippen LogP contribution < -0.4 is 15.8 Å². The molecule has 1 heterocycles. The zero-order valence-electron chi connectivity index (χ0n) is 16.2. The number of aryl methyl sites for hydroxylation is 1. The maximum Gasteiger partial charge on any atom is 0.227 e. The molecule has 0 aliphatic rings. The normalized spacial score (nSPS) is 10.9. The van der Waals surface area contributed by atoms with Crippen LogP contribution in [0, 0.1) is 0 Å². The molecule has 146 valence electrons. The van der Waals surface area contributed by atoms with E-state index in [-0.39, 0.29) is 12.3 Å². The van der Waals surface area contributed by atoms with Gasteiger partial charge in [-0.2, -0.15) is 4.98 Å². The Morgan fingerprint density at radius 1 is 1.21 bits per heavy atom. The zero-order chi connectivity index (χ0) is 20.1. The van der Waals surface area contributed by atoms with E-state index in [2.05, 4.69) is 41.4 Å². The van der Waals surface area contributed by atoms with Gasteiger partial charge in [0.1, 0.15) is 5.75 Å². The number of hydrogen-bond acceptors (Lipinski definition) is 6. The van der Waals surface area contributed by atoms with Gasteiger partial charge < -0.3 is 20.3 Å². The van der Waals surface area contributed by atoms with Gasteiger partial charge >= 0.3 is 0 Å². The number of hydrogen-bond donors (Lipinski definition) is 2. The molecule has 3 N–H and O–H groups in total. The average Bonchev–Trinajstić information content (AvgIpc) is 3.16. The number of benzene rings is 2. The molecular formula is C21H24N4O3. The van der Waals surface area contributed by atoms with E-state index in [9.17, 15) is 4.79 Å². The van der Waals surface area contributed by atoms with Gasteiger partial charge in [-0.05, 0) is 29.7 Å². The molecule has 0 saturated carbocycles. The number of nitrogen functional groups attached to an aromatic ring is 1. The topological polar surface area (TPSA) is 103 Å². The second-order valence-corrected chi connectivity index (χ2v) is 6.79. The summed E-state index contributed by atoms with van der Waals surface area (Å²) in [4.78, 5) is 16.5. The summed E-state index contributed by atoms with van der Waals surface area (Å²) in [5, 5.41) is 6.80. The van der Waals surface area contributed by atoms with Crippen LogP contribution in [0.5, 0.6) is 5.75 Å². The first-order chi connectivity index (χ1) is 13.5. The predicted molar refractivity (Wildman–Crippen MR) is 108 cm³/mol. The van der Waals surface area contributed by atoms with Crippen molar-refractivity contribution in [1.29, 1.82) is 0 Å². The van der Waals surface area contributed by atoms with Crippen molar-refractivity contribution < 1.29 is 14.1 Å². The highest BCUT2D eigenvalue weighted by Crippen LogP contribution is 2.25. The van der Waals surface area contributed by atoms with Gasteiger partial charge in [-0.3, -0.25) is 4.79 Å². The third kappa shape index (κ3) is 4.68. The van der Waals surface area contributed by atoms with Crippen LogP contribution >= 0.6 is 0 Å². The Labute approximate surface area is 163 Å². The van der Waals surface area contributed by atoms with Gasteiger partial charge in [0.2, 0.25) is 17.6 Å². The molecule has 0 atom stereocenters. The van der Waals surface area contributed by atoms with E-state index in [0.717, 1.165) is 5.56 Å². The number of carbonyl (C=O) groups excluding carboxylic acids is 1. The Kier molecular flexibility index (Phi) is 5.93. The Bertz CT molecular complexity index is 949. The number of ether oxygens (including phenoxy) is 1. The lowest BCUT2D eigenvalue weighted by Crippen LogP contribution is -2.12. The van der Waals surface area contributed by atoms with Gasteiger partial charge in [-0.1, -0.05) is 43.3 Å². The molecule has 0 saturated heterocycles. The number of anilines is 2. The van der Waals surface area contributed by atoms with E-state index in [1.807, 2.05) is 12.1 Å². The second kappa shape index (κ2) is 8.56. The van der Waals surface area contributed by atoms with Crippen LogP contribution in [0.25, 0.3) is 11.4 Å². The molecule has 0 unspecified atom stereocenters. The summed E-state index contributed by atoms with van der Waals surface area (Å²) in [6.07, 6.45) is 0.578. The summed E-state index contributed by atoms with van der Waals surface area (Å²) in [5.41, 5.74) is 9.06. The summed E-state index contributed by atoms with van der Waals surface area (Å²) in [6.45, 7) is 4.29. The Hall–Kier alpha value is -3.35. The lowest BCUT2D eigenvalue weighted by molar-refractivity contribution is -0.116. The van der Waals surface area contributed by atoms with Gasteiger partial charge in [0.05, 0.1) is 12.8 Å². The van der Waals surface area contributed by atoms with Crippen molar-refractivity contribution in [1.82, 2.24) is 10.1 Å². The number of methoxy groups -OCH3 is 1. The van der Waals surface area contributed by atoms with Gasteiger partial charge in [-0.25, -0.2) is 0 Å². The van der Waals surface area contributed by atoms with E-state index in [1.54, 1.807) is 25.3 Å². The average molecular weight is 380 g/mol. The molecule has 7 heteroatoms. The SMILES string of the molecule is COc1ccc(NC(=O)CCc2nc(-c3ccc(C(C)C)cc3)no2)cc1N. The first-order valence-electron chi connectivity index (χ1n) is 9.12. The summed E-state index contributed by atoms with van der Waals surface area (Å²) in [6, 6.07) is 13.2. The Morgan fingerprint density at radius 3 is 2.61 bits per heavy atom. The molecule has 0 radical (unpaired) electrons. The largest absolute Gasteiger partial charge is 0.495 e. The van der Waals surface area contributed by atoms with Crippen molar-refractivity contribution in [2.75, 3.05) is 18.2 Å². The molecule has 7 nitrogen and oxygen atoms in total. The van der Waals surface area contributed by atoms with E-state index in [4.69, 9.17) is 15.0 Å². The van der Waals surface area contributed by atoms with Crippen LogP contribution in [0.15, 0.2) is 47.0 Å². The third-order valence-electron chi connectivity index (χ3n) is 4.38. The smallest absolute Gasteiger partial charge is 0.227 e. The first kappa shape index (κ1) is 19.4. The number of aromatic nitrogens is 2. The van der Waals surface area contributed by atoms with Crippen molar-refractivity contribution in [2.45, 2.75) is 32.6 Å². The van der Waals surface area contributed by atoms with Crippen molar-refractivity contribution in [3.8, 4) is 17.1 Å². The van der Waals surface area contributed by atoms with Crippen LogP contribution in [0.3, 0.4) is 0 Å². The zero-order valence-corrected chi connectivity index (χ0v) is 16.2. The fourth-order valence-corrected chi connectivity index (χ4v) is 2.75. The van der Waals surface area contributed by atoms with Crippen LogP contribution in [0.2, 0.25) is 0 Å². The summed E-state index contributed by atoms with van der Waals surface area (Å²) < 4.78 is 10.4. The van der Waals surface area contributed by atoms with Crippen molar-refractivity contribution in [2.24, 2.45) is 0 Å². The van der Waals surface area contributed by atoms with Gasteiger partial charge in [-0.15, -0.1) is 0 Å². The van der Waals surface area contributed by atoms with Crippen LogP contribution in [0.1, 0.15) is 37.6 Å². The number of nitrogens with one attached hydrogen (secondary N) is 1. The second-order valence-electron chi connectivity index (χ2n) is 6.79. The molecule has 28 heavy (non-hydrogen) atoms. The maximum atomic E-state index is 12.2. The first-order valence-corrected chi connectivity index (χ1v) is 9.12. The molecule has 0 fully saturated rings. The van der Waals surface area contributed by atoms with E-state index < -0.39 is 0 Å². The molecule has 0 aliphatic carbocycles. The van der Waals surface area contributed by atoms with E-state index in [1.165, 1.54) is 5.56 Å². The quantitative estimate of drug-likeness (QED) is 0.600. The third-order valence-corrected chi connectivity index (χ3v) is 4.38. The molecule has 1 aromatic heterocycles. The minimum atomic E-state index is -0.161. The molecule has 2 aromatic carbocycles. The molecular weight excluding hydrogens is 356 g/mol. The highest BCUT2D eigenvalue weighted by Gasteiger charge is 2.12. The van der Waals surface area contributed by atoms with Crippen molar-refractivity contribution >= 4 is 17.3 Å². The highest BCUT2D eigenvalue weighted by atomic mass is 16.5. The fourth-order valence-electron chi connectivity index (χ4n) is 2.75. The standard InChI is InChI=1S/C21H24N4O3/c1-13(2)14-4-6-15(7-5-14)21-24-20(28-25-21)11-10-19(26)23-16-8-9-18(27-3)17(22)12-16/h4-9,12-13H,10-11,22H2,1-3H3,(H,23,26). The number of nitrogens with zero attached hydrogens (tertiary/aromatic N) is 2. The molecule has 0 spiro atoms. The predicted octanol–water partition coefficient (Wildman–Crippen LogP) is 4.02. The van der Waals surface area contributed by atoms with Crippen molar-refractivity contribution in [3.05, 3.63) is 53.9 Å². The number of amides is 1. The molecule has 3 rings (SSSR count). The minimum Gasteiger partial charge on any atom is -0.495 e.